The number of rotatable bonds is 6. The molecule has 1 aliphatic heterocycles. The van der Waals surface area contributed by atoms with E-state index in [-0.39, 0.29) is 16.9 Å². The monoisotopic (exact) mass is 408 g/mol. The Morgan fingerprint density at radius 1 is 0.933 bits per heavy atom. The number of ether oxygens (including phenoxy) is 1. The molecule has 30 heavy (non-hydrogen) atoms. The van der Waals surface area contributed by atoms with Gasteiger partial charge >= 0.3 is 5.97 Å². The fourth-order valence-corrected chi connectivity index (χ4v) is 3.05. The molecule has 0 aliphatic carbocycles. The highest BCUT2D eigenvalue weighted by atomic mass is 16.5. The normalized spacial score (nSPS) is 14.7. The van der Waals surface area contributed by atoms with Crippen LogP contribution in [0.4, 0.5) is 5.69 Å². The highest BCUT2D eigenvalue weighted by molar-refractivity contribution is 6.22. The summed E-state index contributed by atoms with van der Waals surface area (Å²) in [5.74, 6) is -2.82. The predicted octanol–water partition coefficient (Wildman–Crippen LogP) is 2.44. The smallest absolute Gasteiger partial charge is 0.329 e. The lowest BCUT2D eigenvalue weighted by molar-refractivity contribution is -0.156. The molecular weight excluding hydrogens is 388 g/mol. The number of anilines is 1. The molecule has 1 heterocycles. The Hall–Kier alpha value is -3.81. The number of imide groups is 1. The van der Waals surface area contributed by atoms with E-state index in [1.807, 2.05) is 0 Å². The van der Waals surface area contributed by atoms with Crippen molar-refractivity contribution in [1.82, 2.24) is 4.90 Å². The van der Waals surface area contributed by atoms with Gasteiger partial charge in [0.05, 0.1) is 11.1 Å². The van der Waals surface area contributed by atoms with Crippen molar-refractivity contribution < 1.29 is 28.7 Å². The van der Waals surface area contributed by atoms with Crippen LogP contribution in [-0.2, 0) is 14.3 Å². The van der Waals surface area contributed by atoms with Gasteiger partial charge in [-0.2, -0.15) is 0 Å². The molecule has 0 radical (unpaired) electrons. The van der Waals surface area contributed by atoms with Gasteiger partial charge in [-0.15, -0.1) is 0 Å². The Bertz CT molecular complexity index is 1030. The van der Waals surface area contributed by atoms with Gasteiger partial charge in [0, 0.05) is 11.3 Å². The molecule has 3 amide bonds. The lowest BCUT2D eigenvalue weighted by Crippen LogP contribution is -2.45. The minimum atomic E-state index is -1.20. The Labute approximate surface area is 172 Å². The second-order valence-electron chi connectivity index (χ2n) is 6.91. The maximum Gasteiger partial charge on any atom is 0.329 e. The van der Waals surface area contributed by atoms with Gasteiger partial charge in [0.2, 0.25) is 0 Å². The second-order valence-corrected chi connectivity index (χ2v) is 6.91. The van der Waals surface area contributed by atoms with Crippen LogP contribution < -0.4 is 5.32 Å². The number of nitrogens with one attached hydrogen (secondary N) is 1. The molecule has 3 rings (SSSR count). The van der Waals surface area contributed by atoms with Crippen molar-refractivity contribution in [2.45, 2.75) is 32.9 Å². The summed E-state index contributed by atoms with van der Waals surface area (Å²) in [5.41, 5.74) is 1.25. The highest BCUT2D eigenvalue weighted by Crippen LogP contribution is 2.25. The summed E-state index contributed by atoms with van der Waals surface area (Å²) >= 11 is 0. The first-order chi connectivity index (χ1) is 14.2. The number of Topliss-reactive ketones (excluding diaryl/α,β-unsaturated/α-hetero) is 1. The molecule has 2 aromatic carbocycles. The van der Waals surface area contributed by atoms with E-state index in [1.165, 1.54) is 39.0 Å². The Balaban J connectivity index is 1.65. The Morgan fingerprint density at radius 3 is 2.10 bits per heavy atom. The third-order valence-corrected chi connectivity index (χ3v) is 4.75. The van der Waals surface area contributed by atoms with E-state index in [2.05, 4.69) is 5.32 Å². The number of fused-ring (bicyclic) bond motifs is 1. The zero-order valence-electron chi connectivity index (χ0n) is 16.7. The molecule has 8 nitrogen and oxygen atoms in total. The van der Waals surface area contributed by atoms with Crippen LogP contribution in [0.1, 0.15) is 51.8 Å². The lowest BCUT2D eigenvalue weighted by atomic mass is 10.1. The van der Waals surface area contributed by atoms with Crippen molar-refractivity contribution in [3.05, 3.63) is 65.2 Å². The maximum absolute atomic E-state index is 12.5. The van der Waals surface area contributed by atoms with Gasteiger partial charge in [-0.1, -0.05) is 24.3 Å². The standard InChI is InChI=1S/C22H20N2O6/c1-12(24-20(27)17-9-4-5-10-18(17)21(24)28)22(29)30-14(3)19(26)23-16-8-6-7-15(11-16)13(2)25/h4-12,14H,1-3H3,(H,23,26)/t12-,14+/m1/s1. The number of esters is 1. The van der Waals surface area contributed by atoms with Gasteiger partial charge in [-0.3, -0.25) is 24.1 Å². The van der Waals surface area contributed by atoms with Crippen molar-refractivity contribution in [2.75, 3.05) is 5.32 Å². The van der Waals surface area contributed by atoms with E-state index in [1.54, 1.807) is 30.3 Å². The van der Waals surface area contributed by atoms with E-state index in [9.17, 15) is 24.0 Å². The molecular formula is C22H20N2O6. The fraction of sp³-hybridized carbons (Fsp3) is 0.227. The highest BCUT2D eigenvalue weighted by Gasteiger charge is 2.41. The quantitative estimate of drug-likeness (QED) is 0.447. The number of nitrogens with zero attached hydrogens (tertiary/aromatic N) is 1. The molecule has 154 valence electrons. The Morgan fingerprint density at radius 2 is 1.53 bits per heavy atom. The van der Waals surface area contributed by atoms with Gasteiger partial charge in [-0.25, -0.2) is 4.79 Å². The summed E-state index contributed by atoms with van der Waals surface area (Å²) in [6.45, 7) is 4.15. The van der Waals surface area contributed by atoms with E-state index >= 15 is 0 Å². The summed E-state index contributed by atoms with van der Waals surface area (Å²) in [4.78, 5) is 62.1. The number of carbonyl (C=O) groups excluding carboxylic acids is 5. The zero-order valence-corrected chi connectivity index (χ0v) is 16.7. The number of ketones is 1. The first-order valence-corrected chi connectivity index (χ1v) is 9.30. The van der Waals surface area contributed by atoms with Crippen molar-refractivity contribution >= 4 is 35.2 Å². The average molecular weight is 408 g/mol. The molecule has 0 saturated heterocycles. The van der Waals surface area contributed by atoms with Gasteiger partial charge in [-0.05, 0) is 45.0 Å². The molecule has 2 aromatic rings. The minimum Gasteiger partial charge on any atom is -0.451 e. The number of carbonyl (C=O) groups is 5. The van der Waals surface area contributed by atoms with Gasteiger partial charge in [0.25, 0.3) is 17.7 Å². The largest absolute Gasteiger partial charge is 0.451 e. The van der Waals surface area contributed by atoms with Crippen LogP contribution in [0.5, 0.6) is 0 Å². The molecule has 0 spiro atoms. The van der Waals surface area contributed by atoms with Crippen LogP contribution in [0.15, 0.2) is 48.5 Å². The van der Waals surface area contributed by atoms with Crippen molar-refractivity contribution in [3.63, 3.8) is 0 Å². The fourth-order valence-electron chi connectivity index (χ4n) is 3.05. The summed E-state index contributed by atoms with van der Waals surface area (Å²) in [6, 6.07) is 11.4. The van der Waals surface area contributed by atoms with Crippen molar-refractivity contribution in [3.8, 4) is 0 Å². The first kappa shape index (κ1) is 20.9. The Kier molecular flexibility index (Phi) is 5.77. The minimum absolute atomic E-state index is 0.152. The van der Waals surface area contributed by atoms with Crippen LogP contribution in [0, 0.1) is 0 Å². The summed E-state index contributed by atoms with van der Waals surface area (Å²) < 4.78 is 5.17. The van der Waals surface area contributed by atoms with Crippen LogP contribution in [0.3, 0.4) is 0 Å². The number of benzene rings is 2. The third kappa shape index (κ3) is 3.98. The van der Waals surface area contributed by atoms with Crippen LogP contribution >= 0.6 is 0 Å². The molecule has 8 heteroatoms. The zero-order chi connectivity index (χ0) is 22.0. The van der Waals surface area contributed by atoms with Gasteiger partial charge in [0.1, 0.15) is 6.04 Å². The maximum atomic E-state index is 12.5. The molecule has 0 fully saturated rings. The molecule has 0 unspecified atom stereocenters. The van der Waals surface area contributed by atoms with Gasteiger partial charge in [0.15, 0.2) is 11.9 Å². The van der Waals surface area contributed by atoms with Crippen LogP contribution in [-0.4, -0.2) is 46.5 Å². The number of hydrogen-bond acceptors (Lipinski definition) is 6. The summed E-state index contributed by atoms with van der Waals surface area (Å²) in [5, 5.41) is 2.57. The van der Waals surface area contributed by atoms with Crippen LogP contribution in [0.25, 0.3) is 0 Å². The van der Waals surface area contributed by atoms with E-state index in [4.69, 9.17) is 4.74 Å². The lowest BCUT2D eigenvalue weighted by Gasteiger charge is -2.22. The molecule has 0 saturated carbocycles. The molecule has 1 aliphatic rings. The van der Waals surface area contributed by atoms with Crippen molar-refractivity contribution in [1.29, 1.82) is 0 Å². The summed E-state index contributed by atoms with van der Waals surface area (Å²) in [7, 11) is 0. The summed E-state index contributed by atoms with van der Waals surface area (Å²) in [6.07, 6.45) is -1.18. The molecule has 0 bridgehead atoms. The molecule has 0 aromatic heterocycles. The number of hydrogen-bond donors (Lipinski definition) is 1. The topological polar surface area (TPSA) is 110 Å². The molecule has 2 atom stereocenters. The van der Waals surface area contributed by atoms with Crippen LogP contribution in [0.2, 0.25) is 0 Å². The average Bonchev–Trinajstić information content (AvgIpc) is 2.98. The van der Waals surface area contributed by atoms with E-state index < -0.39 is 35.8 Å². The van der Waals surface area contributed by atoms with E-state index in [0.29, 0.717) is 11.3 Å². The first-order valence-electron chi connectivity index (χ1n) is 9.30. The number of amides is 3. The predicted molar refractivity (Wildman–Crippen MR) is 107 cm³/mol. The van der Waals surface area contributed by atoms with Crippen molar-refractivity contribution in [2.24, 2.45) is 0 Å². The third-order valence-electron chi connectivity index (χ3n) is 4.75. The van der Waals surface area contributed by atoms with E-state index in [0.717, 1.165) is 4.90 Å². The second kappa shape index (κ2) is 8.28. The SMILES string of the molecule is CC(=O)c1cccc(NC(=O)[C@H](C)OC(=O)[C@@H](C)N2C(=O)c3ccccc3C2=O)c1. The van der Waals surface area contributed by atoms with Gasteiger partial charge < -0.3 is 10.1 Å². The molecule has 1 N–H and O–H groups in total.